The van der Waals surface area contributed by atoms with Crippen LogP contribution >= 0.6 is 0 Å². The maximum Gasteiger partial charge on any atom is 0.311 e. The highest BCUT2D eigenvalue weighted by atomic mass is 16.7. The van der Waals surface area contributed by atoms with Crippen molar-refractivity contribution in [2.45, 2.75) is 204 Å². The molecular weight excluding hydrogens is 762 g/mol. The molecule has 0 aromatic rings. The summed E-state index contributed by atoms with van der Waals surface area (Å²) in [4.78, 5) is 16.5. The van der Waals surface area contributed by atoms with Crippen molar-refractivity contribution >= 4 is 5.97 Å². The number of nitrogens with one attached hydrogen (secondary N) is 2. The summed E-state index contributed by atoms with van der Waals surface area (Å²) < 4.78 is 38.6. The zero-order valence-corrected chi connectivity index (χ0v) is 38.7. The third kappa shape index (κ3) is 12.5. The van der Waals surface area contributed by atoms with Crippen LogP contribution in [-0.2, 0) is 33.2 Å². The minimum absolute atomic E-state index is 0.0851. The molecule has 15 nitrogen and oxygen atoms in total. The van der Waals surface area contributed by atoms with Gasteiger partial charge in [0.05, 0.1) is 42.0 Å². The van der Waals surface area contributed by atoms with Gasteiger partial charge in [0, 0.05) is 38.1 Å². The molecule has 15 heteroatoms. The van der Waals surface area contributed by atoms with Gasteiger partial charge in [-0.05, 0) is 121 Å². The Kier molecular flexibility index (Phi) is 18.9. The molecule has 0 amide bonds. The lowest BCUT2D eigenvalue weighted by molar-refractivity contribution is -0.336. The van der Waals surface area contributed by atoms with E-state index in [4.69, 9.17) is 28.4 Å². The summed E-state index contributed by atoms with van der Waals surface area (Å²) in [6, 6.07) is -0.911. The number of likely N-dealkylation sites (N-methyl/N-ethyl adjacent to an activating group) is 1. The summed E-state index contributed by atoms with van der Waals surface area (Å²) in [5.74, 6) is -2.73. The molecule has 3 rings (SSSR count). The Hall–Kier alpha value is -1.31. The number of carbonyl (C=O) groups excluding carboxylic acids is 1. The number of aliphatic hydroxyl groups excluding tert-OH is 2. The monoisotopic (exact) mass is 846 g/mol. The highest BCUT2D eigenvalue weighted by Crippen LogP contribution is 2.43. The van der Waals surface area contributed by atoms with E-state index in [2.05, 4.69) is 17.2 Å². The molecule has 3 heterocycles. The molecule has 18 atom stereocenters. The summed E-state index contributed by atoms with van der Waals surface area (Å²) in [5, 5.41) is 66.2. The molecule has 59 heavy (non-hydrogen) atoms. The molecule has 7 N–H and O–H groups in total. The van der Waals surface area contributed by atoms with Gasteiger partial charge in [0.2, 0.25) is 0 Å². The standard InChI is InChI=1S/C44H83N3O12/c1-16-19-45-24-44(53)31(9)56-34(22-42(44,11)54-15)57-36-28(6)37(59-40-35(49)32(47(13)14)20-27(5)55-40)41(10,51)21-26(4)23-46-30(8)38(58-39(50)29(36)7)43(12,52)33(48)18-17-25(2)3/h26-38,40,45-46,48-49,51-53H,2,16-24H2,1,3-15H3/t26-,27-,28+,29-,30+,31+,32+,33-,34+,35-,36+,37-,38+,40+,41-,42-,43-,44+/m1/s1. The first kappa shape index (κ1) is 52.0. The largest absolute Gasteiger partial charge is 0.457 e. The Morgan fingerprint density at radius 2 is 1.75 bits per heavy atom. The van der Waals surface area contributed by atoms with Crippen LogP contribution in [-0.4, -0.2) is 167 Å². The van der Waals surface area contributed by atoms with Gasteiger partial charge in [-0.25, -0.2) is 0 Å². The summed E-state index contributed by atoms with van der Waals surface area (Å²) in [5.41, 5.74) is -5.17. The smallest absolute Gasteiger partial charge is 0.311 e. The zero-order valence-electron chi connectivity index (χ0n) is 38.7. The van der Waals surface area contributed by atoms with Crippen LogP contribution in [0.4, 0.5) is 0 Å². The molecule has 0 unspecified atom stereocenters. The fourth-order valence-electron chi connectivity index (χ4n) is 9.47. The Bertz CT molecular complexity index is 1340. The zero-order chi connectivity index (χ0) is 44.8. The summed E-state index contributed by atoms with van der Waals surface area (Å²) >= 11 is 0. The van der Waals surface area contributed by atoms with Gasteiger partial charge in [0.25, 0.3) is 0 Å². The van der Waals surface area contributed by atoms with Gasteiger partial charge in [0.1, 0.15) is 29.0 Å². The number of rotatable bonds is 15. The van der Waals surface area contributed by atoms with E-state index in [9.17, 15) is 30.3 Å². The lowest BCUT2D eigenvalue weighted by atomic mass is 9.75. The lowest BCUT2D eigenvalue weighted by Crippen LogP contribution is -2.70. The molecular formula is C44H83N3O12. The van der Waals surface area contributed by atoms with Crippen molar-refractivity contribution < 1.29 is 58.7 Å². The van der Waals surface area contributed by atoms with Crippen molar-refractivity contribution in [3.8, 4) is 0 Å². The molecule has 0 radical (unpaired) electrons. The Labute approximate surface area is 354 Å². The number of carbonyl (C=O) groups is 1. The van der Waals surface area contributed by atoms with E-state index in [1.807, 2.05) is 60.5 Å². The number of cyclic esters (lactones) is 1. The van der Waals surface area contributed by atoms with E-state index >= 15 is 0 Å². The normalized spacial score (nSPS) is 43.5. The van der Waals surface area contributed by atoms with Crippen molar-refractivity contribution in [2.75, 3.05) is 40.8 Å². The molecule has 3 aliphatic heterocycles. The van der Waals surface area contributed by atoms with E-state index in [1.165, 1.54) is 14.0 Å². The molecule has 0 spiro atoms. The van der Waals surface area contributed by atoms with Crippen LogP contribution in [0.1, 0.15) is 115 Å². The Balaban J connectivity index is 2.16. The van der Waals surface area contributed by atoms with E-state index in [-0.39, 0.29) is 43.9 Å². The molecule has 0 aromatic carbocycles. The summed E-state index contributed by atoms with van der Waals surface area (Å²) in [6.07, 6.45) is -6.36. The van der Waals surface area contributed by atoms with Crippen LogP contribution in [0, 0.1) is 17.8 Å². The first-order valence-electron chi connectivity index (χ1n) is 21.9. The van der Waals surface area contributed by atoms with E-state index in [1.54, 1.807) is 27.7 Å². The number of hydrogen-bond acceptors (Lipinski definition) is 15. The van der Waals surface area contributed by atoms with Crippen molar-refractivity contribution in [3.05, 3.63) is 12.2 Å². The third-order valence-corrected chi connectivity index (χ3v) is 13.5. The number of esters is 1. The lowest BCUT2D eigenvalue weighted by Gasteiger charge is -2.53. The van der Waals surface area contributed by atoms with Crippen LogP contribution in [0.15, 0.2) is 12.2 Å². The second-order valence-corrected chi connectivity index (χ2v) is 19.3. The maximum absolute atomic E-state index is 14.6. The predicted octanol–water partition coefficient (Wildman–Crippen LogP) is 2.87. The Morgan fingerprint density at radius 1 is 1.10 bits per heavy atom. The number of nitrogens with zero attached hydrogens (tertiary/aromatic N) is 1. The number of allylic oxidation sites excluding steroid dienone is 1. The number of methoxy groups -OCH3 is 1. The predicted molar refractivity (Wildman–Crippen MR) is 225 cm³/mol. The average Bonchev–Trinajstić information content (AvgIpc) is 3.15. The molecule has 3 saturated heterocycles. The van der Waals surface area contributed by atoms with Crippen LogP contribution in [0.2, 0.25) is 0 Å². The second-order valence-electron chi connectivity index (χ2n) is 19.3. The minimum atomic E-state index is -1.87. The van der Waals surface area contributed by atoms with E-state index in [0.29, 0.717) is 25.9 Å². The van der Waals surface area contributed by atoms with E-state index < -0.39 is 95.5 Å². The molecule has 3 fully saturated rings. The fourth-order valence-corrected chi connectivity index (χ4v) is 9.47. The van der Waals surface area contributed by atoms with Gasteiger partial charge in [-0.3, -0.25) is 4.79 Å². The SMILES string of the molecule is C=C(C)CC[C@@H](O)[C@@](C)(O)[C@H]1OC(=O)[C@H](C)[C@@H](O[C@H]2C[C@@](C)(OC)[C@](O)(CNCCC)[C@H](C)O2)[C@H](C)[C@@H](O[C@@H]2O[C@H](C)C[C@H](N(C)C)[C@H]2O)[C@](C)(O)C[C@@H](C)CN[C@H]1C. The van der Waals surface area contributed by atoms with Crippen LogP contribution in [0.3, 0.4) is 0 Å². The van der Waals surface area contributed by atoms with Crippen molar-refractivity contribution in [3.63, 3.8) is 0 Å². The van der Waals surface area contributed by atoms with Crippen LogP contribution in [0.5, 0.6) is 0 Å². The number of aliphatic hydroxyl groups is 5. The number of hydrogen-bond donors (Lipinski definition) is 7. The van der Waals surface area contributed by atoms with E-state index in [0.717, 1.165) is 12.0 Å². The van der Waals surface area contributed by atoms with Crippen molar-refractivity contribution in [1.82, 2.24) is 15.5 Å². The van der Waals surface area contributed by atoms with Crippen LogP contribution < -0.4 is 10.6 Å². The molecule has 0 aromatic heterocycles. The minimum Gasteiger partial charge on any atom is -0.457 e. The first-order valence-corrected chi connectivity index (χ1v) is 21.9. The average molecular weight is 846 g/mol. The van der Waals surface area contributed by atoms with Crippen LogP contribution in [0.25, 0.3) is 0 Å². The second kappa shape index (κ2) is 21.4. The summed E-state index contributed by atoms with van der Waals surface area (Å²) in [6.45, 7) is 25.0. The molecule has 0 saturated carbocycles. The maximum atomic E-state index is 14.6. The molecule has 0 aliphatic carbocycles. The highest BCUT2D eigenvalue weighted by molar-refractivity contribution is 5.73. The first-order chi connectivity index (χ1) is 27.3. The van der Waals surface area contributed by atoms with Crippen molar-refractivity contribution in [1.29, 1.82) is 0 Å². The third-order valence-electron chi connectivity index (χ3n) is 13.5. The highest BCUT2D eigenvalue weighted by Gasteiger charge is 2.58. The topological polar surface area (TPSA) is 201 Å². The van der Waals surface area contributed by atoms with Gasteiger partial charge < -0.3 is 69.5 Å². The molecule has 0 bridgehead atoms. The Morgan fingerprint density at radius 3 is 2.32 bits per heavy atom. The van der Waals surface area contributed by atoms with Gasteiger partial charge in [-0.15, -0.1) is 6.58 Å². The van der Waals surface area contributed by atoms with Gasteiger partial charge >= 0.3 is 5.97 Å². The van der Waals surface area contributed by atoms with Gasteiger partial charge in [0.15, 0.2) is 12.6 Å². The van der Waals surface area contributed by atoms with Crippen molar-refractivity contribution in [2.24, 2.45) is 17.8 Å². The number of ether oxygens (including phenoxy) is 6. The van der Waals surface area contributed by atoms with Gasteiger partial charge in [-0.1, -0.05) is 26.3 Å². The quantitative estimate of drug-likeness (QED) is 0.0721. The summed E-state index contributed by atoms with van der Waals surface area (Å²) in [7, 11) is 5.31. The fraction of sp³-hybridized carbons (Fsp3) is 0.932. The molecule has 3 aliphatic rings. The van der Waals surface area contributed by atoms with Gasteiger partial charge in [-0.2, -0.15) is 0 Å². The molecule has 346 valence electrons.